The Morgan fingerprint density at radius 2 is 2.04 bits per heavy atom. The van der Waals surface area contributed by atoms with Gasteiger partial charge < -0.3 is 14.6 Å². The lowest BCUT2D eigenvalue weighted by atomic mass is 10.2. The molecule has 0 radical (unpaired) electrons. The SMILES string of the molecule is N#CCCCOc1cccc(CNCCCn2cnc3ccccc32)c1. The number of hydrogen-bond donors (Lipinski definition) is 1. The van der Waals surface area contributed by atoms with Crippen LogP contribution in [0.25, 0.3) is 11.0 Å². The van der Waals surface area contributed by atoms with Crippen molar-refractivity contribution >= 4 is 11.0 Å². The number of fused-ring (bicyclic) bond motifs is 1. The Kier molecular flexibility index (Phi) is 6.63. The van der Waals surface area contributed by atoms with Crippen LogP contribution in [0.4, 0.5) is 0 Å². The number of hydrogen-bond acceptors (Lipinski definition) is 4. The summed E-state index contributed by atoms with van der Waals surface area (Å²) < 4.78 is 7.88. The molecule has 0 saturated carbocycles. The van der Waals surface area contributed by atoms with E-state index in [2.05, 4.69) is 39.1 Å². The summed E-state index contributed by atoms with van der Waals surface area (Å²) in [6, 6.07) is 18.5. The number of rotatable bonds is 10. The first-order chi connectivity index (χ1) is 12.9. The van der Waals surface area contributed by atoms with Crippen molar-refractivity contribution in [1.82, 2.24) is 14.9 Å². The van der Waals surface area contributed by atoms with Gasteiger partial charge in [0.05, 0.1) is 30.0 Å². The van der Waals surface area contributed by atoms with Gasteiger partial charge in [0, 0.05) is 19.5 Å². The monoisotopic (exact) mass is 348 g/mol. The maximum atomic E-state index is 8.54. The van der Waals surface area contributed by atoms with Crippen molar-refractivity contribution < 1.29 is 4.74 Å². The van der Waals surface area contributed by atoms with Crippen molar-refractivity contribution in [3.8, 4) is 11.8 Å². The molecule has 26 heavy (non-hydrogen) atoms. The molecule has 1 aromatic heterocycles. The third kappa shape index (κ3) is 5.08. The van der Waals surface area contributed by atoms with Gasteiger partial charge in [0.15, 0.2) is 0 Å². The number of nitriles is 1. The van der Waals surface area contributed by atoms with Gasteiger partial charge in [-0.2, -0.15) is 5.26 Å². The van der Waals surface area contributed by atoms with Crippen LogP contribution in [0.5, 0.6) is 5.75 Å². The topological polar surface area (TPSA) is 62.9 Å². The van der Waals surface area contributed by atoms with Crippen LogP contribution in [0.1, 0.15) is 24.8 Å². The van der Waals surface area contributed by atoms with Crippen molar-refractivity contribution in [2.75, 3.05) is 13.2 Å². The number of unbranched alkanes of at least 4 members (excludes halogenated alkanes) is 1. The van der Waals surface area contributed by atoms with Gasteiger partial charge in [0.2, 0.25) is 0 Å². The first kappa shape index (κ1) is 18.0. The van der Waals surface area contributed by atoms with Crippen LogP contribution in [0.2, 0.25) is 0 Å². The van der Waals surface area contributed by atoms with Gasteiger partial charge in [-0.3, -0.25) is 0 Å². The number of ether oxygens (including phenoxy) is 1. The van der Waals surface area contributed by atoms with Gasteiger partial charge in [0.1, 0.15) is 5.75 Å². The van der Waals surface area contributed by atoms with E-state index >= 15 is 0 Å². The predicted molar refractivity (Wildman–Crippen MR) is 103 cm³/mol. The minimum absolute atomic E-state index is 0.535. The molecule has 3 aromatic rings. The summed E-state index contributed by atoms with van der Waals surface area (Å²) in [6.07, 6.45) is 4.26. The van der Waals surface area contributed by atoms with Gasteiger partial charge in [-0.25, -0.2) is 4.98 Å². The number of para-hydroxylation sites is 2. The Morgan fingerprint density at radius 1 is 1.12 bits per heavy atom. The van der Waals surface area contributed by atoms with Gasteiger partial charge >= 0.3 is 0 Å². The molecule has 0 spiro atoms. The van der Waals surface area contributed by atoms with Crippen molar-refractivity contribution in [2.45, 2.75) is 32.4 Å². The number of aromatic nitrogens is 2. The zero-order valence-electron chi connectivity index (χ0n) is 14.9. The van der Waals surface area contributed by atoms with E-state index in [1.165, 1.54) is 11.1 Å². The molecular formula is C21H24N4O. The molecule has 5 nitrogen and oxygen atoms in total. The lowest BCUT2D eigenvalue weighted by Gasteiger charge is -2.09. The molecule has 0 fully saturated rings. The third-order valence-corrected chi connectivity index (χ3v) is 4.21. The van der Waals surface area contributed by atoms with Crippen LogP contribution >= 0.6 is 0 Å². The molecular weight excluding hydrogens is 324 g/mol. The summed E-state index contributed by atoms with van der Waals surface area (Å²) in [5.41, 5.74) is 3.44. The van der Waals surface area contributed by atoms with Crippen molar-refractivity contribution in [2.24, 2.45) is 0 Å². The fourth-order valence-electron chi connectivity index (χ4n) is 2.88. The molecule has 2 aromatic carbocycles. The van der Waals surface area contributed by atoms with E-state index < -0.39 is 0 Å². The lowest BCUT2D eigenvalue weighted by molar-refractivity contribution is 0.312. The van der Waals surface area contributed by atoms with E-state index in [0.717, 1.165) is 43.7 Å². The number of nitrogens with zero attached hydrogens (tertiary/aromatic N) is 3. The number of imidazole rings is 1. The van der Waals surface area contributed by atoms with Gasteiger partial charge in [-0.15, -0.1) is 0 Å². The molecule has 0 aliphatic carbocycles. The van der Waals surface area contributed by atoms with E-state index in [1.807, 2.05) is 36.7 Å². The summed E-state index contributed by atoms with van der Waals surface area (Å²) >= 11 is 0. The highest BCUT2D eigenvalue weighted by Crippen LogP contribution is 2.14. The molecule has 0 unspecified atom stereocenters. The first-order valence-electron chi connectivity index (χ1n) is 9.06. The molecule has 0 atom stereocenters. The first-order valence-corrected chi connectivity index (χ1v) is 9.06. The standard InChI is InChI=1S/C21H24N4O/c22-11-3-4-14-26-19-8-5-7-18(15-19)16-23-12-6-13-25-17-24-20-9-1-2-10-21(20)25/h1-2,5,7-10,15,17,23H,3-4,6,12-14,16H2. The molecule has 0 bridgehead atoms. The highest BCUT2D eigenvalue weighted by Gasteiger charge is 2.01. The second-order valence-electron chi connectivity index (χ2n) is 6.21. The average molecular weight is 348 g/mol. The number of aryl methyl sites for hydroxylation is 1. The highest BCUT2D eigenvalue weighted by atomic mass is 16.5. The number of benzene rings is 2. The van der Waals surface area contributed by atoms with Crippen molar-refractivity contribution in [3.63, 3.8) is 0 Å². The van der Waals surface area contributed by atoms with Gasteiger partial charge in [0.25, 0.3) is 0 Å². The molecule has 0 amide bonds. The van der Waals surface area contributed by atoms with Crippen LogP contribution in [-0.2, 0) is 13.1 Å². The van der Waals surface area contributed by atoms with E-state index in [4.69, 9.17) is 10.00 Å². The van der Waals surface area contributed by atoms with E-state index in [1.54, 1.807) is 0 Å². The highest BCUT2D eigenvalue weighted by molar-refractivity contribution is 5.74. The fraction of sp³-hybridized carbons (Fsp3) is 0.333. The van der Waals surface area contributed by atoms with Crippen LogP contribution in [-0.4, -0.2) is 22.7 Å². The fourth-order valence-corrected chi connectivity index (χ4v) is 2.88. The number of nitrogens with one attached hydrogen (secondary N) is 1. The summed E-state index contributed by atoms with van der Waals surface area (Å²) in [5, 5.41) is 12.0. The largest absolute Gasteiger partial charge is 0.494 e. The Labute approximate surface area is 154 Å². The zero-order valence-corrected chi connectivity index (χ0v) is 14.9. The summed E-state index contributed by atoms with van der Waals surface area (Å²) in [4.78, 5) is 4.42. The van der Waals surface area contributed by atoms with Gasteiger partial charge in [-0.1, -0.05) is 24.3 Å². The molecule has 134 valence electrons. The van der Waals surface area contributed by atoms with E-state index in [9.17, 15) is 0 Å². The van der Waals surface area contributed by atoms with Gasteiger partial charge in [-0.05, 0) is 49.2 Å². The van der Waals surface area contributed by atoms with Crippen molar-refractivity contribution in [3.05, 3.63) is 60.4 Å². The zero-order chi connectivity index (χ0) is 18.0. The third-order valence-electron chi connectivity index (χ3n) is 4.21. The molecule has 0 saturated heterocycles. The maximum Gasteiger partial charge on any atom is 0.119 e. The lowest BCUT2D eigenvalue weighted by Crippen LogP contribution is -2.16. The van der Waals surface area contributed by atoms with Crippen LogP contribution in [0.15, 0.2) is 54.9 Å². The second kappa shape index (κ2) is 9.59. The van der Waals surface area contributed by atoms with Crippen LogP contribution in [0, 0.1) is 11.3 Å². The average Bonchev–Trinajstić information content (AvgIpc) is 3.09. The molecule has 3 rings (SSSR count). The van der Waals surface area contributed by atoms with E-state index in [0.29, 0.717) is 13.0 Å². The molecule has 1 N–H and O–H groups in total. The minimum atomic E-state index is 0.535. The predicted octanol–water partition coefficient (Wildman–Crippen LogP) is 3.90. The quantitative estimate of drug-likeness (QED) is 0.565. The smallest absolute Gasteiger partial charge is 0.119 e. The molecule has 0 aliphatic rings. The Bertz CT molecular complexity index is 866. The molecule has 1 heterocycles. The normalized spacial score (nSPS) is 10.7. The Balaban J connectivity index is 1.39. The van der Waals surface area contributed by atoms with Crippen molar-refractivity contribution in [1.29, 1.82) is 5.26 Å². The summed E-state index contributed by atoms with van der Waals surface area (Å²) in [6.45, 7) is 3.30. The minimum Gasteiger partial charge on any atom is -0.494 e. The second-order valence-corrected chi connectivity index (χ2v) is 6.21. The summed E-state index contributed by atoms with van der Waals surface area (Å²) in [7, 11) is 0. The Morgan fingerprint density at radius 3 is 2.96 bits per heavy atom. The van der Waals surface area contributed by atoms with Crippen LogP contribution in [0.3, 0.4) is 0 Å². The van der Waals surface area contributed by atoms with E-state index in [-0.39, 0.29) is 0 Å². The maximum absolute atomic E-state index is 8.54. The summed E-state index contributed by atoms with van der Waals surface area (Å²) in [5.74, 6) is 0.868. The Hall–Kier alpha value is -2.84. The molecule has 5 heteroatoms. The molecule has 0 aliphatic heterocycles. The van der Waals surface area contributed by atoms with Crippen LogP contribution < -0.4 is 10.1 Å².